The zero-order valence-corrected chi connectivity index (χ0v) is 12.3. The summed E-state index contributed by atoms with van der Waals surface area (Å²) in [4.78, 5) is 25.5. The van der Waals surface area contributed by atoms with Gasteiger partial charge in [-0.15, -0.1) is 0 Å². The predicted octanol–water partition coefficient (Wildman–Crippen LogP) is 1.85. The van der Waals surface area contributed by atoms with Gasteiger partial charge in [-0.25, -0.2) is 4.39 Å². The molecule has 0 saturated carbocycles. The molecule has 0 saturated heterocycles. The molecule has 0 bridgehead atoms. The summed E-state index contributed by atoms with van der Waals surface area (Å²) >= 11 is 0. The second-order valence-corrected chi connectivity index (χ2v) is 5.18. The number of rotatable bonds is 6. The number of hydrogen-bond donors (Lipinski definition) is 1. The number of amides is 1. The molecule has 0 aliphatic rings. The summed E-state index contributed by atoms with van der Waals surface area (Å²) in [7, 11) is 1.71. The number of Topliss-reactive ketones (excluding diaryl/α,β-unsaturated/α-hetero) is 1. The third-order valence-corrected chi connectivity index (χ3v) is 3.01. The lowest BCUT2D eigenvalue weighted by Crippen LogP contribution is -2.44. The van der Waals surface area contributed by atoms with Gasteiger partial charge in [0.2, 0.25) is 5.91 Å². The number of benzene rings is 1. The van der Waals surface area contributed by atoms with Gasteiger partial charge in [0.05, 0.1) is 12.6 Å². The highest BCUT2D eigenvalue weighted by molar-refractivity contribution is 6.00. The molecule has 20 heavy (non-hydrogen) atoms. The van der Waals surface area contributed by atoms with E-state index >= 15 is 0 Å². The minimum Gasteiger partial charge on any atom is -0.353 e. The Balaban J connectivity index is 2.64. The van der Waals surface area contributed by atoms with Crippen LogP contribution in [0.5, 0.6) is 0 Å². The Labute approximate surface area is 119 Å². The largest absolute Gasteiger partial charge is 0.353 e. The van der Waals surface area contributed by atoms with E-state index in [1.54, 1.807) is 18.9 Å². The van der Waals surface area contributed by atoms with Gasteiger partial charge >= 0.3 is 0 Å². The number of nitrogens with zero attached hydrogens (tertiary/aromatic N) is 1. The molecule has 0 aliphatic heterocycles. The molecule has 0 heterocycles. The van der Waals surface area contributed by atoms with E-state index in [1.807, 2.05) is 13.8 Å². The van der Waals surface area contributed by atoms with Crippen LogP contribution in [0.2, 0.25) is 0 Å². The molecule has 1 unspecified atom stereocenters. The molecule has 110 valence electrons. The third-order valence-electron chi connectivity index (χ3n) is 3.01. The predicted molar refractivity (Wildman–Crippen MR) is 76.1 cm³/mol. The van der Waals surface area contributed by atoms with Crippen LogP contribution in [0.15, 0.2) is 24.3 Å². The minimum absolute atomic E-state index is 0.0685. The van der Waals surface area contributed by atoms with Crippen molar-refractivity contribution in [3.05, 3.63) is 35.6 Å². The Bertz CT molecular complexity index is 471. The number of likely N-dealkylation sites (N-methyl/N-ethyl adjacent to an activating group) is 1. The average molecular weight is 280 g/mol. The molecular formula is C15H21FN2O2. The molecule has 0 aliphatic carbocycles. The van der Waals surface area contributed by atoms with Crippen molar-refractivity contribution in [3.63, 3.8) is 0 Å². The van der Waals surface area contributed by atoms with Gasteiger partial charge in [-0.05, 0) is 52.1 Å². The van der Waals surface area contributed by atoms with E-state index in [0.717, 1.165) is 0 Å². The second kappa shape index (κ2) is 7.14. The average Bonchev–Trinajstić information content (AvgIpc) is 2.36. The maximum absolute atomic E-state index is 12.8. The molecule has 1 rings (SSSR count). The standard InChI is InChI=1S/C15H21FN2O2/c1-10(2)17-14(19)9-18(4)11(3)15(20)12-5-7-13(16)8-6-12/h5-8,10-11H,9H2,1-4H3,(H,17,19). The van der Waals surface area contributed by atoms with Crippen molar-refractivity contribution in [3.8, 4) is 0 Å². The summed E-state index contributed by atoms with van der Waals surface area (Å²) in [6, 6.07) is 5.04. The van der Waals surface area contributed by atoms with Gasteiger partial charge in [0.1, 0.15) is 5.82 Å². The minimum atomic E-state index is -0.446. The summed E-state index contributed by atoms with van der Waals surface area (Å²) in [6.07, 6.45) is 0. The van der Waals surface area contributed by atoms with E-state index in [2.05, 4.69) is 5.32 Å². The van der Waals surface area contributed by atoms with Crippen LogP contribution in [-0.2, 0) is 4.79 Å². The Morgan fingerprint density at radius 3 is 2.25 bits per heavy atom. The zero-order valence-electron chi connectivity index (χ0n) is 12.3. The van der Waals surface area contributed by atoms with Crippen LogP contribution in [0.3, 0.4) is 0 Å². The number of halogens is 1. The van der Waals surface area contributed by atoms with Crippen molar-refractivity contribution in [1.82, 2.24) is 10.2 Å². The maximum atomic E-state index is 12.8. The molecule has 0 aromatic heterocycles. The Hall–Kier alpha value is -1.75. The first-order valence-electron chi connectivity index (χ1n) is 6.60. The topological polar surface area (TPSA) is 49.4 Å². The molecule has 1 N–H and O–H groups in total. The van der Waals surface area contributed by atoms with Crippen LogP contribution in [0.1, 0.15) is 31.1 Å². The first-order valence-corrected chi connectivity index (χ1v) is 6.60. The third kappa shape index (κ3) is 4.74. The number of hydrogen-bond acceptors (Lipinski definition) is 3. The highest BCUT2D eigenvalue weighted by Crippen LogP contribution is 2.09. The van der Waals surface area contributed by atoms with Crippen LogP contribution in [0, 0.1) is 5.82 Å². The van der Waals surface area contributed by atoms with E-state index in [4.69, 9.17) is 0 Å². The summed E-state index contributed by atoms with van der Waals surface area (Å²) in [5, 5.41) is 2.77. The number of carbonyl (C=O) groups excluding carboxylic acids is 2. The monoisotopic (exact) mass is 280 g/mol. The van der Waals surface area contributed by atoms with E-state index < -0.39 is 6.04 Å². The summed E-state index contributed by atoms with van der Waals surface area (Å²) in [6.45, 7) is 5.64. The van der Waals surface area contributed by atoms with Crippen molar-refractivity contribution in [2.45, 2.75) is 32.9 Å². The lowest BCUT2D eigenvalue weighted by molar-refractivity contribution is -0.122. The fourth-order valence-electron chi connectivity index (χ4n) is 1.79. The van der Waals surface area contributed by atoms with Gasteiger partial charge in [0, 0.05) is 11.6 Å². The van der Waals surface area contributed by atoms with Crippen LogP contribution in [-0.4, -0.2) is 42.3 Å². The van der Waals surface area contributed by atoms with Gasteiger partial charge in [0.25, 0.3) is 0 Å². The Morgan fingerprint density at radius 2 is 1.75 bits per heavy atom. The van der Waals surface area contributed by atoms with Gasteiger partial charge in [-0.1, -0.05) is 0 Å². The lowest BCUT2D eigenvalue weighted by atomic mass is 10.0. The number of nitrogens with one attached hydrogen (secondary N) is 1. The second-order valence-electron chi connectivity index (χ2n) is 5.18. The van der Waals surface area contributed by atoms with E-state index in [1.165, 1.54) is 24.3 Å². The van der Waals surface area contributed by atoms with Crippen LogP contribution < -0.4 is 5.32 Å². The van der Waals surface area contributed by atoms with E-state index in [0.29, 0.717) is 5.56 Å². The smallest absolute Gasteiger partial charge is 0.234 e. The van der Waals surface area contributed by atoms with Gasteiger partial charge in [-0.3, -0.25) is 14.5 Å². The van der Waals surface area contributed by atoms with Gasteiger partial charge in [-0.2, -0.15) is 0 Å². The number of carbonyl (C=O) groups is 2. The highest BCUT2D eigenvalue weighted by atomic mass is 19.1. The quantitative estimate of drug-likeness (QED) is 0.809. The van der Waals surface area contributed by atoms with E-state index in [-0.39, 0.29) is 30.1 Å². The fraction of sp³-hybridized carbons (Fsp3) is 0.467. The van der Waals surface area contributed by atoms with Crippen LogP contribution >= 0.6 is 0 Å². The SMILES string of the molecule is CC(C)NC(=O)CN(C)C(C)C(=O)c1ccc(F)cc1. The van der Waals surface area contributed by atoms with Crippen molar-refractivity contribution in [2.24, 2.45) is 0 Å². The molecule has 4 nitrogen and oxygen atoms in total. The normalized spacial score (nSPS) is 12.6. The van der Waals surface area contributed by atoms with Gasteiger partial charge < -0.3 is 5.32 Å². The molecule has 0 spiro atoms. The molecule has 1 amide bonds. The molecule has 5 heteroatoms. The van der Waals surface area contributed by atoms with Crippen LogP contribution in [0.25, 0.3) is 0 Å². The highest BCUT2D eigenvalue weighted by Gasteiger charge is 2.21. The zero-order chi connectivity index (χ0) is 15.3. The maximum Gasteiger partial charge on any atom is 0.234 e. The van der Waals surface area contributed by atoms with Crippen molar-refractivity contribution < 1.29 is 14.0 Å². The van der Waals surface area contributed by atoms with Crippen molar-refractivity contribution in [1.29, 1.82) is 0 Å². The van der Waals surface area contributed by atoms with Crippen molar-refractivity contribution in [2.75, 3.05) is 13.6 Å². The van der Waals surface area contributed by atoms with E-state index in [9.17, 15) is 14.0 Å². The molecule has 0 radical (unpaired) electrons. The molecule has 0 fully saturated rings. The van der Waals surface area contributed by atoms with Crippen LogP contribution in [0.4, 0.5) is 4.39 Å². The first-order chi connectivity index (χ1) is 9.31. The summed E-state index contributed by atoms with van der Waals surface area (Å²) in [5.41, 5.74) is 0.440. The van der Waals surface area contributed by atoms with Gasteiger partial charge in [0.15, 0.2) is 5.78 Å². The Kier molecular flexibility index (Phi) is 5.82. The molecule has 1 atom stereocenters. The first kappa shape index (κ1) is 16.3. The Morgan fingerprint density at radius 1 is 1.20 bits per heavy atom. The molecule has 1 aromatic rings. The fourth-order valence-corrected chi connectivity index (χ4v) is 1.79. The molecular weight excluding hydrogens is 259 g/mol. The summed E-state index contributed by atoms with van der Waals surface area (Å²) < 4.78 is 12.8. The van der Waals surface area contributed by atoms with Crippen molar-refractivity contribution >= 4 is 11.7 Å². The lowest BCUT2D eigenvalue weighted by Gasteiger charge is -2.23. The number of ketones is 1. The summed E-state index contributed by atoms with van der Waals surface area (Å²) in [5.74, 6) is -0.634. The molecule has 1 aromatic carbocycles.